The minimum atomic E-state index is 0.267. The Labute approximate surface area is 112 Å². The summed E-state index contributed by atoms with van der Waals surface area (Å²) in [6, 6.07) is 6.68. The minimum Gasteiger partial charge on any atom is -0.315 e. The van der Waals surface area contributed by atoms with Crippen molar-refractivity contribution in [2.75, 3.05) is 20.6 Å². The monoisotopic (exact) mass is 249 g/mol. The minimum absolute atomic E-state index is 0.267. The number of nitrogens with one attached hydrogen (secondary N) is 1. The third-order valence-corrected chi connectivity index (χ3v) is 3.27. The van der Waals surface area contributed by atoms with Gasteiger partial charge in [0.25, 0.3) is 0 Å². The van der Waals surface area contributed by atoms with Gasteiger partial charge in [0, 0.05) is 24.8 Å². The Morgan fingerprint density at radius 2 is 2.00 bits per heavy atom. The second-order valence-electron chi connectivity index (χ2n) is 6.17. The highest BCUT2D eigenvalue weighted by molar-refractivity contribution is 5.09. The Morgan fingerprint density at radius 3 is 2.50 bits per heavy atom. The molecule has 0 spiro atoms. The molecule has 0 aliphatic rings. The molecule has 0 aliphatic heterocycles. The fourth-order valence-electron chi connectivity index (χ4n) is 2.14. The normalized spacial score (nSPS) is 13.9. The van der Waals surface area contributed by atoms with Crippen LogP contribution in [0.4, 0.5) is 0 Å². The van der Waals surface area contributed by atoms with E-state index in [0.717, 1.165) is 24.5 Å². The molecule has 3 heteroatoms. The second kappa shape index (κ2) is 6.30. The molecule has 102 valence electrons. The molecule has 1 unspecified atom stereocenters. The SMILES string of the molecule is CNC(CN(C)Cc1cccc(C)n1)C(C)(C)C. The Hall–Kier alpha value is -0.930. The molecule has 1 aromatic rings. The number of likely N-dealkylation sites (N-methyl/N-ethyl adjacent to an activating group) is 2. The molecule has 0 aromatic carbocycles. The molecule has 1 aromatic heterocycles. The van der Waals surface area contributed by atoms with Crippen LogP contribution in [0.15, 0.2) is 18.2 Å². The third kappa shape index (κ3) is 4.75. The van der Waals surface area contributed by atoms with Gasteiger partial charge < -0.3 is 5.32 Å². The second-order valence-corrected chi connectivity index (χ2v) is 6.17. The van der Waals surface area contributed by atoms with E-state index in [1.807, 2.05) is 20.0 Å². The Kier molecular flexibility index (Phi) is 5.29. The summed E-state index contributed by atoms with van der Waals surface area (Å²) in [5.74, 6) is 0. The predicted octanol–water partition coefficient (Wildman–Crippen LogP) is 2.46. The molecule has 0 bridgehead atoms. The number of hydrogen-bond acceptors (Lipinski definition) is 3. The molecule has 18 heavy (non-hydrogen) atoms. The van der Waals surface area contributed by atoms with Gasteiger partial charge in [-0.2, -0.15) is 0 Å². The van der Waals surface area contributed by atoms with Crippen LogP contribution in [0, 0.1) is 12.3 Å². The first-order valence-electron chi connectivity index (χ1n) is 6.61. The topological polar surface area (TPSA) is 28.2 Å². The molecule has 1 rings (SSSR count). The van der Waals surface area contributed by atoms with Crippen LogP contribution in [-0.4, -0.2) is 36.6 Å². The predicted molar refractivity (Wildman–Crippen MR) is 77.6 cm³/mol. The Morgan fingerprint density at radius 1 is 1.33 bits per heavy atom. The van der Waals surface area contributed by atoms with Gasteiger partial charge in [0.1, 0.15) is 0 Å². The molecule has 1 N–H and O–H groups in total. The van der Waals surface area contributed by atoms with Crippen molar-refractivity contribution in [3.8, 4) is 0 Å². The summed E-state index contributed by atoms with van der Waals surface area (Å²) in [5.41, 5.74) is 2.49. The fourth-order valence-corrected chi connectivity index (χ4v) is 2.14. The maximum atomic E-state index is 4.55. The van der Waals surface area contributed by atoms with E-state index >= 15 is 0 Å². The van der Waals surface area contributed by atoms with E-state index in [1.165, 1.54) is 0 Å². The average molecular weight is 249 g/mol. The molecule has 1 heterocycles. The van der Waals surface area contributed by atoms with Gasteiger partial charge in [0.15, 0.2) is 0 Å². The van der Waals surface area contributed by atoms with Crippen LogP contribution in [0.1, 0.15) is 32.2 Å². The summed E-state index contributed by atoms with van der Waals surface area (Å²) < 4.78 is 0. The average Bonchev–Trinajstić information content (AvgIpc) is 2.24. The fraction of sp³-hybridized carbons (Fsp3) is 0.667. The highest BCUT2D eigenvalue weighted by atomic mass is 15.1. The smallest absolute Gasteiger partial charge is 0.0547 e. The Balaban J connectivity index is 2.58. The first-order chi connectivity index (χ1) is 8.32. The molecule has 0 saturated heterocycles. The van der Waals surface area contributed by atoms with E-state index in [2.05, 4.69) is 55.2 Å². The van der Waals surface area contributed by atoms with Crippen LogP contribution in [0.2, 0.25) is 0 Å². The third-order valence-electron chi connectivity index (χ3n) is 3.27. The van der Waals surface area contributed by atoms with Gasteiger partial charge in [0.05, 0.1) is 5.69 Å². The van der Waals surface area contributed by atoms with Gasteiger partial charge in [-0.3, -0.25) is 9.88 Å². The highest BCUT2D eigenvalue weighted by Crippen LogP contribution is 2.19. The van der Waals surface area contributed by atoms with Crippen LogP contribution in [0.3, 0.4) is 0 Å². The quantitative estimate of drug-likeness (QED) is 0.869. The Bertz CT molecular complexity index is 368. The molecule has 0 radical (unpaired) electrons. The van der Waals surface area contributed by atoms with E-state index in [9.17, 15) is 0 Å². The summed E-state index contributed by atoms with van der Waals surface area (Å²) in [7, 11) is 4.19. The first-order valence-corrected chi connectivity index (χ1v) is 6.61. The maximum absolute atomic E-state index is 4.55. The molecule has 0 aliphatic carbocycles. The van der Waals surface area contributed by atoms with Crippen LogP contribution in [0.25, 0.3) is 0 Å². The van der Waals surface area contributed by atoms with Crippen LogP contribution < -0.4 is 5.32 Å². The zero-order valence-corrected chi connectivity index (χ0v) is 12.6. The van der Waals surface area contributed by atoms with Gasteiger partial charge >= 0.3 is 0 Å². The summed E-state index contributed by atoms with van der Waals surface area (Å²) in [4.78, 5) is 6.87. The van der Waals surface area contributed by atoms with Crippen molar-refractivity contribution in [2.45, 2.75) is 40.3 Å². The number of rotatable bonds is 5. The van der Waals surface area contributed by atoms with E-state index in [1.54, 1.807) is 0 Å². The number of aromatic nitrogens is 1. The summed E-state index contributed by atoms with van der Waals surface area (Å²) >= 11 is 0. The van der Waals surface area contributed by atoms with Crippen LogP contribution in [-0.2, 0) is 6.54 Å². The number of pyridine rings is 1. The molecule has 0 amide bonds. The van der Waals surface area contributed by atoms with Crippen molar-refractivity contribution >= 4 is 0 Å². The van der Waals surface area contributed by atoms with Gasteiger partial charge in [-0.25, -0.2) is 0 Å². The maximum Gasteiger partial charge on any atom is 0.0547 e. The van der Waals surface area contributed by atoms with Gasteiger partial charge in [-0.05, 0) is 38.6 Å². The molecule has 1 atom stereocenters. The molecular formula is C15H27N3. The number of aryl methyl sites for hydroxylation is 1. The highest BCUT2D eigenvalue weighted by Gasteiger charge is 2.24. The zero-order valence-electron chi connectivity index (χ0n) is 12.6. The van der Waals surface area contributed by atoms with Crippen molar-refractivity contribution in [1.29, 1.82) is 0 Å². The van der Waals surface area contributed by atoms with Crippen molar-refractivity contribution in [3.05, 3.63) is 29.6 Å². The molecule has 0 fully saturated rings. The van der Waals surface area contributed by atoms with Crippen molar-refractivity contribution in [2.24, 2.45) is 5.41 Å². The van der Waals surface area contributed by atoms with Crippen LogP contribution in [0.5, 0.6) is 0 Å². The van der Waals surface area contributed by atoms with Crippen molar-refractivity contribution < 1.29 is 0 Å². The van der Waals surface area contributed by atoms with E-state index < -0.39 is 0 Å². The molecular weight excluding hydrogens is 222 g/mol. The van der Waals surface area contributed by atoms with E-state index in [4.69, 9.17) is 0 Å². The lowest BCUT2D eigenvalue weighted by molar-refractivity contribution is 0.197. The van der Waals surface area contributed by atoms with E-state index in [-0.39, 0.29) is 5.41 Å². The van der Waals surface area contributed by atoms with Crippen LogP contribution >= 0.6 is 0 Å². The lowest BCUT2D eigenvalue weighted by Gasteiger charge is -2.33. The number of nitrogens with zero attached hydrogens (tertiary/aromatic N) is 2. The lowest BCUT2D eigenvalue weighted by atomic mass is 9.86. The van der Waals surface area contributed by atoms with Gasteiger partial charge in [-0.1, -0.05) is 26.8 Å². The van der Waals surface area contributed by atoms with Crippen molar-refractivity contribution in [3.63, 3.8) is 0 Å². The first kappa shape index (κ1) is 15.1. The lowest BCUT2D eigenvalue weighted by Crippen LogP contribution is -2.46. The van der Waals surface area contributed by atoms with Gasteiger partial charge in [-0.15, -0.1) is 0 Å². The summed E-state index contributed by atoms with van der Waals surface area (Å²) in [6.45, 7) is 10.8. The standard InChI is InChI=1S/C15H27N3/c1-12-8-7-9-13(17-12)10-18(6)11-14(16-5)15(2,3)4/h7-9,14,16H,10-11H2,1-6H3. The molecule has 3 nitrogen and oxygen atoms in total. The van der Waals surface area contributed by atoms with Crippen molar-refractivity contribution in [1.82, 2.24) is 15.2 Å². The van der Waals surface area contributed by atoms with Gasteiger partial charge in [0.2, 0.25) is 0 Å². The summed E-state index contributed by atoms with van der Waals surface area (Å²) in [5, 5.41) is 3.41. The largest absolute Gasteiger partial charge is 0.315 e. The molecule has 0 saturated carbocycles. The zero-order chi connectivity index (χ0) is 13.8. The number of hydrogen-bond donors (Lipinski definition) is 1. The van der Waals surface area contributed by atoms with E-state index in [0.29, 0.717) is 6.04 Å². The summed E-state index contributed by atoms with van der Waals surface area (Å²) in [6.07, 6.45) is 0.